The van der Waals surface area contributed by atoms with Crippen LogP contribution < -0.4 is 5.32 Å². The van der Waals surface area contributed by atoms with E-state index in [0.29, 0.717) is 11.4 Å². The molecule has 0 unspecified atom stereocenters. The van der Waals surface area contributed by atoms with Crippen molar-refractivity contribution in [3.05, 3.63) is 21.9 Å². The monoisotopic (exact) mass is 257 g/mol. The molecule has 1 saturated carbocycles. The molecule has 2 rings (SSSR count). The van der Waals surface area contributed by atoms with E-state index < -0.39 is 0 Å². The molecule has 16 heavy (non-hydrogen) atoms. The zero-order valence-corrected chi connectivity index (χ0v) is 10.9. The molecule has 4 heteroatoms. The highest BCUT2D eigenvalue weighted by Gasteiger charge is 2.22. The normalized spacial score (nSPS) is 25.4. The summed E-state index contributed by atoms with van der Waals surface area (Å²) in [5, 5.41) is 5.36. The molecule has 2 nitrogen and oxygen atoms in total. The fourth-order valence-corrected chi connectivity index (χ4v) is 3.13. The first-order valence-corrected chi connectivity index (χ1v) is 6.97. The first-order valence-electron chi connectivity index (χ1n) is 5.66. The molecule has 0 bridgehead atoms. The van der Waals surface area contributed by atoms with Gasteiger partial charge in [-0.3, -0.25) is 4.79 Å². The van der Waals surface area contributed by atoms with Crippen molar-refractivity contribution in [1.29, 1.82) is 0 Å². The van der Waals surface area contributed by atoms with Crippen LogP contribution in [0.4, 0.5) is 0 Å². The van der Waals surface area contributed by atoms with Gasteiger partial charge in [-0.1, -0.05) is 0 Å². The summed E-state index contributed by atoms with van der Waals surface area (Å²) >= 11 is 7.54. The molecule has 0 saturated heterocycles. The van der Waals surface area contributed by atoms with E-state index in [2.05, 4.69) is 5.32 Å². The topological polar surface area (TPSA) is 29.1 Å². The fraction of sp³-hybridized carbons (Fsp3) is 0.583. The Morgan fingerprint density at radius 2 is 2.12 bits per heavy atom. The number of halogens is 1. The van der Waals surface area contributed by atoms with Crippen LogP contribution in [0.25, 0.3) is 0 Å². The van der Waals surface area contributed by atoms with E-state index in [9.17, 15) is 4.79 Å². The Balaban J connectivity index is 1.91. The van der Waals surface area contributed by atoms with Gasteiger partial charge in [0, 0.05) is 11.4 Å². The Labute approximate surface area is 105 Å². The minimum atomic E-state index is 0.0746. The van der Waals surface area contributed by atoms with Crippen molar-refractivity contribution >= 4 is 28.8 Å². The largest absolute Gasteiger partial charge is 0.349 e. The predicted octanol–water partition coefficient (Wildman–Crippen LogP) is 3.34. The number of thiophene rings is 1. The Morgan fingerprint density at radius 3 is 2.69 bits per heavy atom. The Hall–Kier alpha value is -0.540. The van der Waals surface area contributed by atoms with Crippen molar-refractivity contribution in [2.75, 3.05) is 0 Å². The van der Waals surface area contributed by atoms with Crippen LogP contribution in [0.5, 0.6) is 0 Å². The smallest absolute Gasteiger partial charge is 0.261 e. The van der Waals surface area contributed by atoms with Gasteiger partial charge in [-0.05, 0) is 49.6 Å². The Kier molecular flexibility index (Phi) is 3.87. The van der Waals surface area contributed by atoms with Crippen LogP contribution in [0.2, 0.25) is 0 Å². The van der Waals surface area contributed by atoms with Crippen LogP contribution in [0, 0.1) is 6.92 Å². The summed E-state index contributed by atoms with van der Waals surface area (Å²) in [4.78, 5) is 12.8. The van der Waals surface area contributed by atoms with E-state index >= 15 is 0 Å². The second-order valence-electron chi connectivity index (χ2n) is 4.36. The quantitative estimate of drug-likeness (QED) is 0.809. The summed E-state index contributed by atoms with van der Waals surface area (Å²) in [5.41, 5.74) is 1.06. The molecule has 1 aromatic heterocycles. The van der Waals surface area contributed by atoms with Gasteiger partial charge in [0.2, 0.25) is 0 Å². The molecule has 1 aromatic rings. The molecule has 0 aliphatic heterocycles. The summed E-state index contributed by atoms with van der Waals surface area (Å²) in [5.74, 6) is 0.0746. The van der Waals surface area contributed by atoms with Crippen molar-refractivity contribution in [2.45, 2.75) is 44.0 Å². The lowest BCUT2D eigenvalue weighted by molar-refractivity contribution is 0.0931. The first kappa shape index (κ1) is 11.9. The Morgan fingerprint density at radius 1 is 1.44 bits per heavy atom. The van der Waals surface area contributed by atoms with Gasteiger partial charge in [0.1, 0.15) is 0 Å². The lowest BCUT2D eigenvalue weighted by Crippen LogP contribution is -2.37. The molecule has 88 valence electrons. The van der Waals surface area contributed by atoms with Crippen molar-refractivity contribution in [1.82, 2.24) is 5.32 Å². The minimum Gasteiger partial charge on any atom is -0.349 e. The summed E-state index contributed by atoms with van der Waals surface area (Å²) < 4.78 is 0. The molecule has 0 atom stereocenters. The number of hydrogen-bond donors (Lipinski definition) is 1. The van der Waals surface area contributed by atoms with Gasteiger partial charge in [0.25, 0.3) is 5.91 Å². The number of amides is 1. The van der Waals surface area contributed by atoms with Crippen LogP contribution in [-0.2, 0) is 0 Å². The van der Waals surface area contributed by atoms with Gasteiger partial charge < -0.3 is 5.32 Å². The number of carbonyl (C=O) groups is 1. The minimum absolute atomic E-state index is 0.0746. The van der Waals surface area contributed by atoms with Crippen molar-refractivity contribution in [2.24, 2.45) is 0 Å². The summed E-state index contributed by atoms with van der Waals surface area (Å²) in [7, 11) is 0. The van der Waals surface area contributed by atoms with Crippen LogP contribution in [0.1, 0.15) is 40.9 Å². The van der Waals surface area contributed by atoms with E-state index in [1.165, 1.54) is 11.3 Å². The van der Waals surface area contributed by atoms with E-state index in [0.717, 1.165) is 36.1 Å². The zero-order valence-electron chi connectivity index (χ0n) is 9.33. The highest BCUT2D eigenvalue weighted by molar-refractivity contribution is 7.12. The molecule has 1 N–H and O–H groups in total. The predicted molar refractivity (Wildman–Crippen MR) is 68.4 cm³/mol. The number of rotatable bonds is 2. The molecule has 1 fully saturated rings. The molecule has 0 radical (unpaired) electrons. The maximum Gasteiger partial charge on any atom is 0.261 e. The van der Waals surface area contributed by atoms with E-state index in [1.807, 2.05) is 18.4 Å². The van der Waals surface area contributed by atoms with Crippen LogP contribution >= 0.6 is 22.9 Å². The Bertz CT molecular complexity index is 369. The van der Waals surface area contributed by atoms with Crippen molar-refractivity contribution in [3.63, 3.8) is 0 Å². The molecular weight excluding hydrogens is 242 g/mol. The van der Waals surface area contributed by atoms with Crippen LogP contribution in [0.3, 0.4) is 0 Å². The highest BCUT2D eigenvalue weighted by atomic mass is 35.5. The maximum atomic E-state index is 11.9. The molecule has 1 heterocycles. The van der Waals surface area contributed by atoms with Crippen molar-refractivity contribution in [3.8, 4) is 0 Å². The molecule has 1 aliphatic carbocycles. The molecule has 1 aliphatic rings. The maximum absolute atomic E-state index is 11.9. The van der Waals surface area contributed by atoms with E-state index in [1.54, 1.807) is 0 Å². The van der Waals surface area contributed by atoms with Gasteiger partial charge in [-0.15, -0.1) is 22.9 Å². The van der Waals surface area contributed by atoms with E-state index in [-0.39, 0.29) is 5.91 Å². The summed E-state index contributed by atoms with van der Waals surface area (Å²) in [6.45, 7) is 1.97. The third kappa shape index (κ3) is 2.77. The second-order valence-corrected chi connectivity index (χ2v) is 5.89. The highest BCUT2D eigenvalue weighted by Crippen LogP contribution is 2.23. The average Bonchev–Trinajstić information content (AvgIpc) is 2.68. The van der Waals surface area contributed by atoms with Gasteiger partial charge >= 0.3 is 0 Å². The van der Waals surface area contributed by atoms with Gasteiger partial charge in [-0.2, -0.15) is 0 Å². The number of carbonyl (C=O) groups excluding carboxylic acids is 1. The van der Waals surface area contributed by atoms with Crippen LogP contribution in [-0.4, -0.2) is 17.3 Å². The SMILES string of the molecule is Cc1ccsc1C(=O)NC1CCC(Cl)CC1. The van der Waals surface area contributed by atoms with Gasteiger partial charge in [0.05, 0.1) is 4.88 Å². The van der Waals surface area contributed by atoms with Gasteiger partial charge in [0.15, 0.2) is 0 Å². The van der Waals surface area contributed by atoms with Gasteiger partial charge in [-0.25, -0.2) is 0 Å². The third-order valence-corrected chi connectivity index (χ3v) is 4.51. The average molecular weight is 258 g/mol. The number of nitrogens with one attached hydrogen (secondary N) is 1. The number of alkyl halides is 1. The standard InChI is InChI=1S/C12H16ClNOS/c1-8-6-7-16-11(8)12(15)14-10-4-2-9(13)3-5-10/h6-7,9-10H,2-5H2,1H3,(H,14,15). The lowest BCUT2D eigenvalue weighted by Gasteiger charge is -2.25. The molecule has 1 amide bonds. The first-order chi connectivity index (χ1) is 7.66. The van der Waals surface area contributed by atoms with Crippen molar-refractivity contribution < 1.29 is 4.79 Å². The number of aryl methyl sites for hydroxylation is 1. The zero-order chi connectivity index (χ0) is 11.5. The summed E-state index contributed by atoms with van der Waals surface area (Å²) in [6.07, 6.45) is 4.03. The lowest BCUT2D eigenvalue weighted by atomic mass is 9.95. The fourth-order valence-electron chi connectivity index (χ4n) is 2.05. The number of hydrogen-bond acceptors (Lipinski definition) is 2. The second kappa shape index (κ2) is 5.19. The third-order valence-electron chi connectivity index (χ3n) is 3.06. The van der Waals surface area contributed by atoms with E-state index in [4.69, 9.17) is 11.6 Å². The molecule has 0 spiro atoms. The van der Waals surface area contributed by atoms with Crippen LogP contribution in [0.15, 0.2) is 11.4 Å². The molecule has 0 aromatic carbocycles. The summed E-state index contributed by atoms with van der Waals surface area (Å²) in [6, 6.07) is 2.29. The molecular formula is C12H16ClNOS.